The van der Waals surface area contributed by atoms with E-state index in [1.54, 1.807) is 6.07 Å². The molecule has 0 atom stereocenters. The lowest BCUT2D eigenvalue weighted by Crippen LogP contribution is -2.03. The first kappa shape index (κ1) is 11.1. The van der Waals surface area contributed by atoms with Crippen LogP contribution in [0.1, 0.15) is 6.92 Å². The molecule has 3 nitrogen and oxygen atoms in total. The van der Waals surface area contributed by atoms with E-state index in [0.29, 0.717) is 23.1 Å². The van der Waals surface area contributed by atoms with Crippen molar-refractivity contribution in [3.05, 3.63) is 28.6 Å². The smallest absolute Gasteiger partial charge is 0.149 e. The Balaban J connectivity index is 2.85. The number of pyridine rings is 1. The molecule has 2 aromatic rings. The Morgan fingerprint density at radius 3 is 2.94 bits per heavy atom. The van der Waals surface area contributed by atoms with Crippen molar-refractivity contribution >= 4 is 38.2 Å². The SMILES string of the molecule is CCNc1c(N)cnc2c(F)ccc(Br)c12. The van der Waals surface area contributed by atoms with Gasteiger partial charge in [-0.15, -0.1) is 0 Å². The average Bonchev–Trinajstić information content (AvgIpc) is 2.27. The van der Waals surface area contributed by atoms with Crippen LogP contribution in [0.3, 0.4) is 0 Å². The zero-order valence-corrected chi connectivity index (χ0v) is 10.3. The maximum Gasteiger partial charge on any atom is 0.149 e. The van der Waals surface area contributed by atoms with Gasteiger partial charge in [0.2, 0.25) is 0 Å². The number of anilines is 2. The summed E-state index contributed by atoms with van der Waals surface area (Å²) in [6.07, 6.45) is 1.47. The molecular weight excluding hydrogens is 273 g/mol. The Kier molecular flexibility index (Phi) is 2.96. The van der Waals surface area contributed by atoms with Gasteiger partial charge in [0.05, 0.1) is 17.6 Å². The zero-order valence-electron chi connectivity index (χ0n) is 8.72. The highest BCUT2D eigenvalue weighted by Gasteiger charge is 2.12. The summed E-state index contributed by atoms with van der Waals surface area (Å²) in [6.45, 7) is 2.67. The Labute approximate surface area is 101 Å². The summed E-state index contributed by atoms with van der Waals surface area (Å²) in [5.41, 5.74) is 7.38. The van der Waals surface area contributed by atoms with Gasteiger partial charge in [-0.1, -0.05) is 15.9 Å². The van der Waals surface area contributed by atoms with Crippen LogP contribution in [-0.2, 0) is 0 Å². The van der Waals surface area contributed by atoms with Gasteiger partial charge in [-0.05, 0) is 19.1 Å². The topological polar surface area (TPSA) is 50.9 Å². The summed E-state index contributed by atoms with van der Waals surface area (Å²) in [5, 5.41) is 3.81. The standard InChI is InChI=1S/C11H11BrFN3/c1-2-15-11-8(14)5-16-10-7(13)4-3-6(12)9(10)11/h3-5H,2,14H2,1H3,(H,15,16). The van der Waals surface area contributed by atoms with E-state index >= 15 is 0 Å². The third-order valence-electron chi connectivity index (χ3n) is 2.30. The van der Waals surface area contributed by atoms with Crippen LogP contribution in [-0.4, -0.2) is 11.5 Å². The Bertz CT molecular complexity index is 542. The molecule has 1 aromatic carbocycles. The molecule has 0 spiro atoms. The summed E-state index contributed by atoms with van der Waals surface area (Å²) in [6, 6.07) is 3.03. The van der Waals surface area contributed by atoms with Crippen molar-refractivity contribution in [2.45, 2.75) is 6.92 Å². The van der Waals surface area contributed by atoms with Crippen molar-refractivity contribution in [1.82, 2.24) is 4.98 Å². The fraction of sp³-hybridized carbons (Fsp3) is 0.182. The van der Waals surface area contributed by atoms with Crippen molar-refractivity contribution < 1.29 is 4.39 Å². The number of hydrogen-bond donors (Lipinski definition) is 2. The van der Waals surface area contributed by atoms with E-state index in [2.05, 4.69) is 26.2 Å². The number of aromatic nitrogens is 1. The number of benzene rings is 1. The normalized spacial score (nSPS) is 10.7. The van der Waals surface area contributed by atoms with Gasteiger partial charge in [0.1, 0.15) is 11.3 Å². The molecule has 0 aliphatic heterocycles. The molecule has 0 aliphatic rings. The van der Waals surface area contributed by atoms with Crippen LogP contribution in [0.4, 0.5) is 15.8 Å². The Morgan fingerprint density at radius 1 is 1.50 bits per heavy atom. The van der Waals surface area contributed by atoms with Gasteiger partial charge in [-0.25, -0.2) is 4.39 Å². The van der Waals surface area contributed by atoms with Gasteiger partial charge in [0.25, 0.3) is 0 Å². The number of nitrogens with two attached hydrogens (primary N) is 1. The van der Waals surface area contributed by atoms with Crippen molar-refractivity contribution in [2.24, 2.45) is 0 Å². The van der Waals surface area contributed by atoms with Crippen LogP contribution in [0, 0.1) is 5.82 Å². The van der Waals surface area contributed by atoms with Gasteiger partial charge >= 0.3 is 0 Å². The van der Waals surface area contributed by atoms with Crippen LogP contribution >= 0.6 is 15.9 Å². The molecule has 1 aromatic heterocycles. The minimum absolute atomic E-state index is 0.319. The fourth-order valence-corrected chi connectivity index (χ4v) is 2.13. The molecule has 1 heterocycles. The number of nitrogens with one attached hydrogen (secondary N) is 1. The number of fused-ring (bicyclic) bond motifs is 1. The lowest BCUT2D eigenvalue weighted by atomic mass is 10.1. The third kappa shape index (κ3) is 1.71. The molecule has 0 aliphatic carbocycles. The van der Waals surface area contributed by atoms with E-state index < -0.39 is 0 Å². The quantitative estimate of drug-likeness (QED) is 0.890. The summed E-state index contributed by atoms with van der Waals surface area (Å²) < 4.78 is 14.3. The average molecular weight is 284 g/mol. The van der Waals surface area contributed by atoms with Crippen molar-refractivity contribution in [2.75, 3.05) is 17.6 Å². The minimum atomic E-state index is -0.350. The van der Waals surface area contributed by atoms with Crippen LogP contribution in [0.5, 0.6) is 0 Å². The van der Waals surface area contributed by atoms with E-state index in [0.717, 1.165) is 10.2 Å². The lowest BCUT2D eigenvalue weighted by Gasteiger charge is -2.12. The molecule has 0 saturated heterocycles. The minimum Gasteiger partial charge on any atom is -0.396 e. The Morgan fingerprint density at radius 2 is 2.25 bits per heavy atom. The highest BCUT2D eigenvalue weighted by atomic mass is 79.9. The van der Waals surface area contributed by atoms with Crippen LogP contribution in [0.15, 0.2) is 22.8 Å². The monoisotopic (exact) mass is 283 g/mol. The van der Waals surface area contributed by atoms with E-state index in [4.69, 9.17) is 5.73 Å². The van der Waals surface area contributed by atoms with Gasteiger partial charge in [0.15, 0.2) is 0 Å². The molecule has 0 radical (unpaired) electrons. The number of nitrogen functional groups attached to an aromatic ring is 1. The van der Waals surface area contributed by atoms with Crippen LogP contribution < -0.4 is 11.1 Å². The first-order chi connectivity index (χ1) is 7.65. The zero-order chi connectivity index (χ0) is 11.7. The molecule has 2 rings (SSSR count). The number of nitrogens with zero attached hydrogens (tertiary/aromatic N) is 1. The van der Waals surface area contributed by atoms with Crippen molar-refractivity contribution in [1.29, 1.82) is 0 Å². The highest BCUT2D eigenvalue weighted by Crippen LogP contribution is 2.34. The molecule has 0 bridgehead atoms. The molecule has 0 saturated carbocycles. The number of hydrogen-bond acceptors (Lipinski definition) is 3. The molecule has 5 heteroatoms. The lowest BCUT2D eigenvalue weighted by molar-refractivity contribution is 0.636. The molecular formula is C11H11BrFN3. The van der Waals surface area contributed by atoms with Gasteiger partial charge in [-0.2, -0.15) is 0 Å². The van der Waals surface area contributed by atoms with Crippen molar-refractivity contribution in [3.8, 4) is 0 Å². The largest absolute Gasteiger partial charge is 0.396 e. The number of rotatable bonds is 2. The molecule has 84 valence electrons. The second-order valence-electron chi connectivity index (χ2n) is 3.37. The van der Waals surface area contributed by atoms with E-state index in [9.17, 15) is 4.39 Å². The molecule has 0 unspecified atom stereocenters. The maximum absolute atomic E-state index is 13.6. The van der Waals surface area contributed by atoms with Crippen molar-refractivity contribution in [3.63, 3.8) is 0 Å². The summed E-state index contributed by atoms with van der Waals surface area (Å²) in [5.74, 6) is -0.350. The summed E-state index contributed by atoms with van der Waals surface area (Å²) in [4.78, 5) is 4.01. The van der Waals surface area contributed by atoms with E-state index in [-0.39, 0.29) is 5.82 Å². The van der Waals surface area contributed by atoms with Crippen LogP contribution in [0.2, 0.25) is 0 Å². The molecule has 0 fully saturated rings. The summed E-state index contributed by atoms with van der Waals surface area (Å²) >= 11 is 3.38. The first-order valence-electron chi connectivity index (χ1n) is 4.91. The maximum atomic E-state index is 13.6. The van der Waals surface area contributed by atoms with Gasteiger partial charge < -0.3 is 11.1 Å². The highest BCUT2D eigenvalue weighted by molar-refractivity contribution is 9.10. The molecule has 3 N–H and O–H groups in total. The van der Waals surface area contributed by atoms with E-state index in [1.165, 1.54) is 12.3 Å². The predicted molar refractivity (Wildman–Crippen MR) is 68.0 cm³/mol. The fourth-order valence-electron chi connectivity index (χ4n) is 1.62. The molecule has 16 heavy (non-hydrogen) atoms. The van der Waals surface area contributed by atoms with E-state index in [1.807, 2.05) is 6.92 Å². The van der Waals surface area contributed by atoms with Crippen LogP contribution in [0.25, 0.3) is 10.9 Å². The number of halogens is 2. The van der Waals surface area contributed by atoms with Gasteiger partial charge in [-0.3, -0.25) is 4.98 Å². The third-order valence-corrected chi connectivity index (χ3v) is 2.96. The summed E-state index contributed by atoms with van der Waals surface area (Å²) in [7, 11) is 0. The second kappa shape index (κ2) is 4.25. The second-order valence-corrected chi connectivity index (χ2v) is 4.23. The van der Waals surface area contributed by atoms with Gasteiger partial charge in [0, 0.05) is 16.4 Å². The first-order valence-corrected chi connectivity index (χ1v) is 5.70. The molecule has 0 amide bonds. The predicted octanol–water partition coefficient (Wildman–Crippen LogP) is 3.15. The Hall–Kier alpha value is -1.36.